The minimum atomic E-state index is -0.503. The molecule has 0 fully saturated rings. The van der Waals surface area contributed by atoms with Gasteiger partial charge in [0.2, 0.25) is 5.91 Å². The fourth-order valence-corrected chi connectivity index (χ4v) is 2.28. The monoisotopic (exact) mass is 307 g/mol. The largest absolute Gasteiger partial charge is 0.361 e. The van der Waals surface area contributed by atoms with Crippen molar-refractivity contribution in [2.45, 2.75) is 0 Å². The number of aromatic amines is 1. The molecule has 0 bridgehead atoms. The van der Waals surface area contributed by atoms with E-state index in [9.17, 15) is 14.9 Å². The van der Waals surface area contributed by atoms with Gasteiger partial charge in [0.1, 0.15) is 0 Å². The average molecular weight is 307 g/mol. The van der Waals surface area contributed by atoms with Crippen molar-refractivity contribution in [3.63, 3.8) is 0 Å². The van der Waals surface area contributed by atoms with E-state index >= 15 is 0 Å². The third-order valence-corrected chi connectivity index (χ3v) is 3.36. The average Bonchev–Trinajstić information content (AvgIpc) is 2.96. The molecule has 6 heteroatoms. The number of rotatable bonds is 4. The normalized spacial score (nSPS) is 11.0. The number of carbonyl (C=O) groups excluding carboxylic acids is 1. The molecular weight excluding hydrogens is 294 g/mol. The zero-order chi connectivity index (χ0) is 16.2. The third kappa shape index (κ3) is 3.26. The molecule has 0 atom stereocenters. The molecule has 0 aliphatic rings. The Labute approximate surface area is 131 Å². The minimum Gasteiger partial charge on any atom is -0.361 e. The van der Waals surface area contributed by atoms with Gasteiger partial charge in [-0.1, -0.05) is 24.3 Å². The molecule has 3 aromatic rings. The zero-order valence-corrected chi connectivity index (χ0v) is 12.0. The number of nitro groups is 1. The summed E-state index contributed by atoms with van der Waals surface area (Å²) in [5.74, 6) is -0.351. The van der Waals surface area contributed by atoms with Crippen molar-refractivity contribution < 1.29 is 9.72 Å². The van der Waals surface area contributed by atoms with E-state index in [0.29, 0.717) is 5.69 Å². The number of fused-ring (bicyclic) bond motifs is 1. The van der Waals surface area contributed by atoms with Crippen LogP contribution in [0.2, 0.25) is 0 Å². The quantitative estimate of drug-likeness (QED) is 0.437. The summed E-state index contributed by atoms with van der Waals surface area (Å²) >= 11 is 0. The molecule has 0 aliphatic carbocycles. The second-order valence-corrected chi connectivity index (χ2v) is 4.92. The fraction of sp³-hybridized carbons (Fsp3) is 0. The molecule has 0 radical (unpaired) electrons. The molecule has 0 saturated heterocycles. The summed E-state index contributed by atoms with van der Waals surface area (Å²) in [6.07, 6.45) is 4.92. The Morgan fingerprint density at radius 2 is 2.00 bits per heavy atom. The van der Waals surface area contributed by atoms with Gasteiger partial charge in [0.15, 0.2) is 0 Å². The minimum absolute atomic E-state index is 0.0663. The SMILES string of the molecule is O=C(/C=C/c1c[nH]c2ccccc12)Nc1cccc([N+](=O)[O-])c1. The van der Waals surface area contributed by atoms with Crippen LogP contribution in [0.3, 0.4) is 0 Å². The molecule has 1 heterocycles. The standard InChI is InChI=1S/C17H13N3O3/c21-17(19-13-4-3-5-14(10-13)20(22)23)9-8-12-11-18-16-7-2-1-6-15(12)16/h1-11,18H,(H,19,21)/b9-8+. The predicted molar refractivity (Wildman–Crippen MR) is 89.1 cm³/mol. The van der Waals surface area contributed by atoms with Gasteiger partial charge < -0.3 is 10.3 Å². The summed E-state index contributed by atoms with van der Waals surface area (Å²) in [5, 5.41) is 14.3. The molecule has 0 spiro atoms. The van der Waals surface area contributed by atoms with Crippen molar-refractivity contribution in [2.75, 3.05) is 5.32 Å². The van der Waals surface area contributed by atoms with Crippen LogP contribution < -0.4 is 5.32 Å². The van der Waals surface area contributed by atoms with Gasteiger partial charge >= 0.3 is 0 Å². The van der Waals surface area contributed by atoms with Gasteiger partial charge in [-0.25, -0.2) is 0 Å². The van der Waals surface area contributed by atoms with E-state index in [-0.39, 0.29) is 11.6 Å². The van der Waals surface area contributed by atoms with Gasteiger partial charge in [0, 0.05) is 41.0 Å². The molecule has 0 saturated carbocycles. The number of anilines is 1. The molecule has 2 aromatic carbocycles. The van der Waals surface area contributed by atoms with Gasteiger partial charge in [-0.3, -0.25) is 14.9 Å². The van der Waals surface area contributed by atoms with Gasteiger partial charge in [-0.05, 0) is 23.8 Å². The lowest BCUT2D eigenvalue weighted by Gasteiger charge is -2.01. The molecule has 2 N–H and O–H groups in total. The Morgan fingerprint density at radius 1 is 1.17 bits per heavy atom. The zero-order valence-electron chi connectivity index (χ0n) is 12.0. The van der Waals surface area contributed by atoms with E-state index in [4.69, 9.17) is 0 Å². The Morgan fingerprint density at radius 3 is 2.83 bits per heavy atom. The third-order valence-electron chi connectivity index (χ3n) is 3.36. The number of nitrogens with zero attached hydrogens (tertiary/aromatic N) is 1. The van der Waals surface area contributed by atoms with Crippen molar-refractivity contribution in [3.8, 4) is 0 Å². The number of benzene rings is 2. The number of nitrogens with one attached hydrogen (secondary N) is 2. The highest BCUT2D eigenvalue weighted by molar-refractivity contribution is 6.03. The molecule has 0 unspecified atom stereocenters. The van der Waals surface area contributed by atoms with E-state index < -0.39 is 4.92 Å². The van der Waals surface area contributed by atoms with Crippen LogP contribution in [0.25, 0.3) is 17.0 Å². The van der Waals surface area contributed by atoms with Gasteiger partial charge in [-0.15, -0.1) is 0 Å². The van der Waals surface area contributed by atoms with Crippen LogP contribution in [0.5, 0.6) is 0 Å². The first-order valence-corrected chi connectivity index (χ1v) is 6.93. The second kappa shape index (κ2) is 6.15. The van der Waals surface area contributed by atoms with Crippen LogP contribution >= 0.6 is 0 Å². The first-order chi connectivity index (χ1) is 11.1. The van der Waals surface area contributed by atoms with Crippen LogP contribution in [0.15, 0.2) is 60.8 Å². The number of nitro benzene ring substituents is 1. The molecule has 0 aliphatic heterocycles. The highest BCUT2D eigenvalue weighted by atomic mass is 16.6. The van der Waals surface area contributed by atoms with E-state index in [1.54, 1.807) is 12.1 Å². The summed E-state index contributed by atoms with van der Waals surface area (Å²) in [4.78, 5) is 25.3. The lowest BCUT2D eigenvalue weighted by atomic mass is 10.1. The second-order valence-electron chi connectivity index (χ2n) is 4.92. The summed E-state index contributed by atoms with van der Waals surface area (Å²) < 4.78 is 0. The summed E-state index contributed by atoms with van der Waals surface area (Å²) in [5.41, 5.74) is 2.21. The smallest absolute Gasteiger partial charge is 0.271 e. The lowest BCUT2D eigenvalue weighted by molar-refractivity contribution is -0.384. The first kappa shape index (κ1) is 14.5. The topological polar surface area (TPSA) is 88.0 Å². The van der Waals surface area contributed by atoms with Crippen molar-refractivity contribution in [1.29, 1.82) is 0 Å². The molecular formula is C17H13N3O3. The van der Waals surface area contributed by atoms with Crippen molar-refractivity contribution >= 4 is 34.3 Å². The molecule has 23 heavy (non-hydrogen) atoms. The van der Waals surface area contributed by atoms with Gasteiger partial charge in [-0.2, -0.15) is 0 Å². The van der Waals surface area contributed by atoms with E-state index in [0.717, 1.165) is 16.5 Å². The summed E-state index contributed by atoms with van der Waals surface area (Å²) in [6, 6.07) is 13.6. The van der Waals surface area contributed by atoms with E-state index in [1.807, 2.05) is 30.5 Å². The maximum Gasteiger partial charge on any atom is 0.271 e. The summed E-state index contributed by atoms with van der Waals surface area (Å²) in [6.45, 7) is 0. The number of para-hydroxylation sites is 1. The number of aromatic nitrogens is 1. The Bertz CT molecular complexity index is 912. The van der Waals surface area contributed by atoms with Crippen LogP contribution in [-0.2, 0) is 4.79 Å². The van der Waals surface area contributed by atoms with Crippen molar-refractivity contribution in [1.82, 2.24) is 4.98 Å². The molecule has 1 amide bonds. The van der Waals surface area contributed by atoms with E-state index in [2.05, 4.69) is 10.3 Å². The number of non-ortho nitro benzene ring substituents is 1. The van der Waals surface area contributed by atoms with Gasteiger partial charge in [0.25, 0.3) is 5.69 Å². The number of carbonyl (C=O) groups is 1. The lowest BCUT2D eigenvalue weighted by Crippen LogP contribution is -2.07. The maximum absolute atomic E-state index is 11.9. The number of H-pyrrole nitrogens is 1. The van der Waals surface area contributed by atoms with Crippen LogP contribution in [-0.4, -0.2) is 15.8 Å². The van der Waals surface area contributed by atoms with Crippen LogP contribution in [0, 0.1) is 10.1 Å². The van der Waals surface area contributed by atoms with Crippen LogP contribution in [0.4, 0.5) is 11.4 Å². The molecule has 114 valence electrons. The van der Waals surface area contributed by atoms with E-state index in [1.165, 1.54) is 24.3 Å². The predicted octanol–water partition coefficient (Wildman–Crippen LogP) is 3.73. The number of hydrogen-bond acceptors (Lipinski definition) is 3. The maximum atomic E-state index is 11.9. The number of amides is 1. The highest BCUT2D eigenvalue weighted by Crippen LogP contribution is 2.19. The van der Waals surface area contributed by atoms with Gasteiger partial charge in [0.05, 0.1) is 4.92 Å². The first-order valence-electron chi connectivity index (χ1n) is 6.93. The van der Waals surface area contributed by atoms with Crippen molar-refractivity contribution in [2.24, 2.45) is 0 Å². The highest BCUT2D eigenvalue weighted by Gasteiger charge is 2.07. The Balaban J connectivity index is 1.74. The van der Waals surface area contributed by atoms with Crippen molar-refractivity contribution in [3.05, 3.63) is 76.5 Å². The summed E-state index contributed by atoms with van der Waals surface area (Å²) in [7, 11) is 0. The van der Waals surface area contributed by atoms with Crippen LogP contribution in [0.1, 0.15) is 5.56 Å². The Hall–Kier alpha value is -3.41. The Kier molecular flexibility index (Phi) is 3.88. The molecule has 6 nitrogen and oxygen atoms in total. The molecule has 1 aromatic heterocycles. The fourth-order valence-electron chi connectivity index (χ4n) is 2.28. The molecule has 3 rings (SSSR count). The number of hydrogen-bond donors (Lipinski definition) is 2.